The topological polar surface area (TPSA) is 70.1 Å². The quantitative estimate of drug-likeness (QED) is 0.724. The minimum atomic E-state index is -0.604. The molecule has 1 aromatic rings. The average molecular weight is 225 g/mol. The first-order valence-corrected chi connectivity index (χ1v) is 5.61. The van der Waals surface area contributed by atoms with Crippen LogP contribution in [0.25, 0.3) is 0 Å². The molecule has 0 bridgehead atoms. The highest BCUT2D eigenvalue weighted by atomic mass is 16.5. The van der Waals surface area contributed by atoms with Crippen molar-refractivity contribution in [3.05, 3.63) is 18.0 Å². The van der Waals surface area contributed by atoms with Crippen LogP contribution in [0.2, 0.25) is 0 Å². The predicted molar refractivity (Wildman–Crippen MR) is 60.8 cm³/mol. The number of aryl methyl sites for hydroxylation is 1. The molecule has 1 rings (SSSR count). The molecule has 0 saturated carbocycles. The van der Waals surface area contributed by atoms with Gasteiger partial charge < -0.3 is 10.5 Å². The Kier molecular flexibility index (Phi) is 4.98. The fourth-order valence-electron chi connectivity index (χ4n) is 1.50. The molecule has 0 fully saturated rings. The van der Waals surface area contributed by atoms with Crippen molar-refractivity contribution in [3.8, 4) is 0 Å². The van der Waals surface area contributed by atoms with Crippen LogP contribution in [0.15, 0.2) is 12.3 Å². The number of aromatic nitrogens is 2. The first-order valence-electron chi connectivity index (χ1n) is 5.61. The SMILES string of the molecule is CCCn1nccc1CC(N)C(=O)OCC. The molecule has 0 aliphatic carbocycles. The standard InChI is InChI=1S/C11H19N3O2/c1-3-7-14-9(5-6-13-14)8-10(12)11(15)16-4-2/h5-6,10H,3-4,7-8,12H2,1-2H3. The summed E-state index contributed by atoms with van der Waals surface area (Å²) in [5.74, 6) is -0.355. The van der Waals surface area contributed by atoms with Crippen LogP contribution in [0.1, 0.15) is 26.0 Å². The van der Waals surface area contributed by atoms with E-state index >= 15 is 0 Å². The molecule has 0 saturated heterocycles. The number of carbonyl (C=O) groups excluding carboxylic acids is 1. The Balaban J connectivity index is 2.58. The molecule has 0 aromatic carbocycles. The van der Waals surface area contributed by atoms with Crippen LogP contribution >= 0.6 is 0 Å². The normalized spacial score (nSPS) is 12.4. The summed E-state index contributed by atoms with van der Waals surface area (Å²) in [4.78, 5) is 11.4. The smallest absolute Gasteiger partial charge is 0.323 e. The molecule has 1 aromatic heterocycles. The van der Waals surface area contributed by atoms with E-state index in [1.807, 2.05) is 10.7 Å². The summed E-state index contributed by atoms with van der Waals surface area (Å²) in [7, 11) is 0. The van der Waals surface area contributed by atoms with Crippen molar-refractivity contribution in [1.29, 1.82) is 0 Å². The average Bonchev–Trinajstić information content (AvgIpc) is 2.67. The lowest BCUT2D eigenvalue weighted by Crippen LogP contribution is -2.35. The Morgan fingerprint density at radius 1 is 1.62 bits per heavy atom. The summed E-state index contributed by atoms with van der Waals surface area (Å²) < 4.78 is 6.73. The van der Waals surface area contributed by atoms with Gasteiger partial charge in [-0.25, -0.2) is 0 Å². The Bertz CT molecular complexity index is 336. The molecule has 16 heavy (non-hydrogen) atoms. The third-order valence-electron chi connectivity index (χ3n) is 2.26. The van der Waals surface area contributed by atoms with Crippen LogP contribution in [-0.2, 0) is 22.5 Å². The van der Waals surface area contributed by atoms with E-state index in [1.54, 1.807) is 13.1 Å². The second-order valence-electron chi connectivity index (χ2n) is 3.61. The van der Waals surface area contributed by atoms with Crippen LogP contribution in [0.4, 0.5) is 0 Å². The van der Waals surface area contributed by atoms with Gasteiger partial charge >= 0.3 is 5.97 Å². The largest absolute Gasteiger partial charge is 0.465 e. The van der Waals surface area contributed by atoms with Crippen LogP contribution in [0, 0.1) is 0 Å². The van der Waals surface area contributed by atoms with Crippen molar-refractivity contribution in [2.45, 2.75) is 39.3 Å². The Labute approximate surface area is 95.6 Å². The maximum atomic E-state index is 11.4. The van der Waals surface area contributed by atoms with E-state index in [9.17, 15) is 4.79 Å². The van der Waals surface area contributed by atoms with Gasteiger partial charge in [-0.3, -0.25) is 9.48 Å². The number of hydrogen-bond acceptors (Lipinski definition) is 4. The summed E-state index contributed by atoms with van der Waals surface area (Å²) in [6.07, 6.45) is 3.20. The number of nitrogens with two attached hydrogens (primary N) is 1. The molecule has 0 aliphatic rings. The number of ether oxygens (including phenoxy) is 1. The minimum Gasteiger partial charge on any atom is -0.465 e. The van der Waals surface area contributed by atoms with Gasteiger partial charge in [-0.2, -0.15) is 5.10 Å². The fourth-order valence-corrected chi connectivity index (χ4v) is 1.50. The number of carbonyl (C=O) groups is 1. The summed E-state index contributed by atoms with van der Waals surface area (Å²) in [6, 6.07) is 1.28. The second-order valence-corrected chi connectivity index (χ2v) is 3.61. The lowest BCUT2D eigenvalue weighted by molar-refractivity contribution is -0.144. The van der Waals surface area contributed by atoms with Crippen LogP contribution in [-0.4, -0.2) is 28.4 Å². The van der Waals surface area contributed by atoms with E-state index < -0.39 is 6.04 Å². The first-order chi connectivity index (χ1) is 7.69. The van der Waals surface area contributed by atoms with Gasteiger partial charge in [0.1, 0.15) is 6.04 Å². The van der Waals surface area contributed by atoms with Gasteiger partial charge in [0.05, 0.1) is 6.61 Å². The highest BCUT2D eigenvalue weighted by molar-refractivity contribution is 5.75. The van der Waals surface area contributed by atoms with Crippen molar-refractivity contribution >= 4 is 5.97 Å². The fraction of sp³-hybridized carbons (Fsp3) is 0.636. The highest BCUT2D eigenvalue weighted by Gasteiger charge is 2.16. The van der Waals surface area contributed by atoms with Gasteiger partial charge in [0.15, 0.2) is 0 Å². The van der Waals surface area contributed by atoms with Crippen molar-refractivity contribution in [2.24, 2.45) is 5.73 Å². The summed E-state index contributed by atoms with van der Waals surface area (Å²) in [5.41, 5.74) is 6.72. The number of hydrogen-bond donors (Lipinski definition) is 1. The van der Waals surface area contributed by atoms with E-state index in [-0.39, 0.29) is 5.97 Å². The van der Waals surface area contributed by atoms with Crippen molar-refractivity contribution in [1.82, 2.24) is 9.78 Å². The molecule has 2 N–H and O–H groups in total. The predicted octanol–water partition coefficient (Wildman–Crippen LogP) is 0.726. The Hall–Kier alpha value is -1.36. The third kappa shape index (κ3) is 3.34. The van der Waals surface area contributed by atoms with Crippen molar-refractivity contribution < 1.29 is 9.53 Å². The summed E-state index contributed by atoms with van der Waals surface area (Å²) in [5, 5.41) is 4.17. The van der Waals surface area contributed by atoms with Crippen LogP contribution < -0.4 is 5.73 Å². The zero-order chi connectivity index (χ0) is 12.0. The molecular formula is C11H19N3O2. The number of nitrogens with zero attached hydrogens (tertiary/aromatic N) is 2. The molecule has 1 atom stereocenters. The zero-order valence-electron chi connectivity index (χ0n) is 9.85. The third-order valence-corrected chi connectivity index (χ3v) is 2.26. The van der Waals surface area contributed by atoms with E-state index in [1.165, 1.54) is 0 Å². The zero-order valence-corrected chi connectivity index (χ0v) is 9.85. The Morgan fingerprint density at radius 3 is 3.00 bits per heavy atom. The van der Waals surface area contributed by atoms with Crippen molar-refractivity contribution in [3.63, 3.8) is 0 Å². The van der Waals surface area contributed by atoms with E-state index in [4.69, 9.17) is 10.5 Å². The number of esters is 1. The molecule has 1 unspecified atom stereocenters. The van der Waals surface area contributed by atoms with E-state index in [2.05, 4.69) is 12.0 Å². The van der Waals surface area contributed by atoms with Gasteiger partial charge in [0.25, 0.3) is 0 Å². The second kappa shape index (κ2) is 6.27. The molecule has 1 heterocycles. The molecule has 0 amide bonds. The summed E-state index contributed by atoms with van der Waals surface area (Å²) in [6.45, 7) is 5.06. The van der Waals surface area contributed by atoms with Gasteiger partial charge in [-0.1, -0.05) is 6.92 Å². The van der Waals surface area contributed by atoms with E-state index in [0.717, 1.165) is 18.7 Å². The molecule has 5 heteroatoms. The van der Waals surface area contributed by atoms with Crippen LogP contribution in [0.5, 0.6) is 0 Å². The van der Waals surface area contributed by atoms with E-state index in [0.29, 0.717) is 13.0 Å². The summed E-state index contributed by atoms with van der Waals surface area (Å²) >= 11 is 0. The monoisotopic (exact) mass is 225 g/mol. The maximum Gasteiger partial charge on any atom is 0.323 e. The van der Waals surface area contributed by atoms with Crippen molar-refractivity contribution in [2.75, 3.05) is 6.61 Å². The maximum absolute atomic E-state index is 11.4. The van der Waals surface area contributed by atoms with Gasteiger partial charge in [-0.05, 0) is 19.4 Å². The first kappa shape index (κ1) is 12.7. The lowest BCUT2D eigenvalue weighted by atomic mass is 10.1. The van der Waals surface area contributed by atoms with Gasteiger partial charge in [0.2, 0.25) is 0 Å². The molecule has 5 nitrogen and oxygen atoms in total. The highest BCUT2D eigenvalue weighted by Crippen LogP contribution is 2.04. The molecular weight excluding hydrogens is 206 g/mol. The van der Waals surface area contributed by atoms with Gasteiger partial charge in [0, 0.05) is 24.9 Å². The number of rotatable bonds is 6. The van der Waals surface area contributed by atoms with Gasteiger partial charge in [-0.15, -0.1) is 0 Å². The lowest BCUT2D eigenvalue weighted by Gasteiger charge is -2.11. The minimum absolute atomic E-state index is 0.355. The van der Waals surface area contributed by atoms with Crippen LogP contribution in [0.3, 0.4) is 0 Å². The molecule has 0 aliphatic heterocycles. The molecule has 90 valence electrons. The Morgan fingerprint density at radius 2 is 2.38 bits per heavy atom. The molecule has 0 spiro atoms. The molecule has 0 radical (unpaired) electrons.